The van der Waals surface area contributed by atoms with Crippen molar-refractivity contribution in [2.45, 2.75) is 19.3 Å². The van der Waals surface area contributed by atoms with Gasteiger partial charge in [0.2, 0.25) is 0 Å². The number of hydrogen-bond acceptors (Lipinski definition) is 3. The van der Waals surface area contributed by atoms with E-state index in [0.29, 0.717) is 0 Å². The summed E-state index contributed by atoms with van der Waals surface area (Å²) in [5, 5.41) is 9.03. The largest absolute Gasteiger partial charge is 0.463 e. The van der Waals surface area contributed by atoms with Crippen molar-refractivity contribution in [3.63, 3.8) is 0 Å². The van der Waals surface area contributed by atoms with Gasteiger partial charge in [0.05, 0.1) is 12.0 Å². The SMILES string of the molecule is Clc1ccc(-n2nc(-c3ccco3)c3c2NCCCC3)cc1. The van der Waals surface area contributed by atoms with Crippen molar-refractivity contribution in [3.05, 3.63) is 53.2 Å². The molecule has 3 heterocycles. The van der Waals surface area contributed by atoms with Gasteiger partial charge in [-0.3, -0.25) is 0 Å². The fourth-order valence-electron chi connectivity index (χ4n) is 2.88. The highest BCUT2D eigenvalue weighted by atomic mass is 35.5. The molecule has 4 nitrogen and oxygen atoms in total. The van der Waals surface area contributed by atoms with E-state index in [1.165, 1.54) is 5.56 Å². The molecule has 0 aliphatic carbocycles. The topological polar surface area (TPSA) is 43.0 Å². The van der Waals surface area contributed by atoms with E-state index in [-0.39, 0.29) is 0 Å². The van der Waals surface area contributed by atoms with E-state index in [1.54, 1.807) is 6.26 Å². The van der Waals surface area contributed by atoms with Crippen LogP contribution in [0.15, 0.2) is 47.1 Å². The lowest BCUT2D eigenvalue weighted by Gasteiger charge is -2.09. The summed E-state index contributed by atoms with van der Waals surface area (Å²) in [4.78, 5) is 0. The number of fused-ring (bicyclic) bond motifs is 1. The van der Waals surface area contributed by atoms with Gasteiger partial charge in [0, 0.05) is 17.1 Å². The summed E-state index contributed by atoms with van der Waals surface area (Å²) in [6, 6.07) is 11.6. The van der Waals surface area contributed by atoms with E-state index in [2.05, 4.69) is 5.32 Å². The molecular weight excluding hydrogens is 298 g/mol. The highest BCUT2D eigenvalue weighted by Crippen LogP contribution is 2.34. The molecule has 4 rings (SSSR count). The predicted molar refractivity (Wildman–Crippen MR) is 87.7 cm³/mol. The van der Waals surface area contributed by atoms with Crippen LogP contribution in [-0.2, 0) is 6.42 Å². The minimum Gasteiger partial charge on any atom is -0.463 e. The monoisotopic (exact) mass is 313 g/mol. The number of halogens is 1. The molecular formula is C17H16ClN3O. The first-order valence-corrected chi connectivity index (χ1v) is 7.86. The van der Waals surface area contributed by atoms with Crippen molar-refractivity contribution < 1.29 is 4.42 Å². The molecule has 2 aromatic heterocycles. The molecule has 0 unspecified atom stereocenters. The van der Waals surface area contributed by atoms with E-state index < -0.39 is 0 Å². The molecule has 1 aromatic carbocycles. The molecule has 112 valence electrons. The van der Waals surface area contributed by atoms with Crippen LogP contribution in [0.2, 0.25) is 5.02 Å². The Balaban J connectivity index is 1.89. The number of furan rings is 1. The Hall–Kier alpha value is -2.20. The third-order valence-corrected chi connectivity index (χ3v) is 4.21. The quantitative estimate of drug-likeness (QED) is 0.755. The number of aromatic nitrogens is 2. The second-order valence-corrected chi connectivity index (χ2v) is 5.86. The number of nitrogens with zero attached hydrogens (tertiary/aromatic N) is 2. The summed E-state index contributed by atoms with van der Waals surface area (Å²) in [5.74, 6) is 1.87. The van der Waals surface area contributed by atoms with Crippen molar-refractivity contribution in [2.24, 2.45) is 0 Å². The van der Waals surface area contributed by atoms with E-state index in [0.717, 1.165) is 53.8 Å². The molecule has 0 saturated carbocycles. The first-order valence-electron chi connectivity index (χ1n) is 7.48. The maximum atomic E-state index is 5.99. The first kappa shape index (κ1) is 13.5. The van der Waals surface area contributed by atoms with Crippen LogP contribution >= 0.6 is 11.6 Å². The van der Waals surface area contributed by atoms with E-state index in [9.17, 15) is 0 Å². The van der Waals surface area contributed by atoms with Crippen LogP contribution in [0.4, 0.5) is 5.82 Å². The molecule has 0 radical (unpaired) electrons. The van der Waals surface area contributed by atoms with E-state index >= 15 is 0 Å². The third kappa shape index (κ3) is 2.29. The Kier molecular flexibility index (Phi) is 3.39. The second-order valence-electron chi connectivity index (χ2n) is 5.43. The minimum absolute atomic E-state index is 0.723. The lowest BCUT2D eigenvalue weighted by Crippen LogP contribution is -2.07. The molecule has 0 fully saturated rings. The summed E-state index contributed by atoms with van der Waals surface area (Å²) in [5.41, 5.74) is 3.14. The van der Waals surface area contributed by atoms with Crippen LogP contribution in [-0.4, -0.2) is 16.3 Å². The number of nitrogens with one attached hydrogen (secondary N) is 1. The fourth-order valence-corrected chi connectivity index (χ4v) is 3.01. The zero-order chi connectivity index (χ0) is 14.9. The molecule has 0 spiro atoms. The molecule has 0 amide bonds. The average Bonchev–Trinajstić information content (AvgIpc) is 3.10. The Bertz CT molecular complexity index is 775. The summed E-state index contributed by atoms with van der Waals surface area (Å²) in [7, 11) is 0. The minimum atomic E-state index is 0.723. The molecule has 0 bridgehead atoms. The maximum absolute atomic E-state index is 5.99. The van der Waals surface area contributed by atoms with Crippen molar-refractivity contribution in [2.75, 3.05) is 11.9 Å². The van der Waals surface area contributed by atoms with Gasteiger partial charge in [-0.1, -0.05) is 11.6 Å². The van der Waals surface area contributed by atoms with Crippen molar-refractivity contribution in [3.8, 4) is 17.1 Å². The van der Waals surface area contributed by atoms with Crippen LogP contribution in [0.5, 0.6) is 0 Å². The lowest BCUT2D eigenvalue weighted by molar-refractivity contribution is 0.578. The molecule has 0 atom stereocenters. The standard InChI is InChI=1S/C17H16ClN3O/c18-12-6-8-13(9-7-12)21-17-14(4-1-2-10-19-17)16(20-21)15-5-3-11-22-15/h3,5-9,11,19H,1-2,4,10H2. The van der Waals surface area contributed by atoms with E-state index in [1.807, 2.05) is 41.1 Å². The van der Waals surface area contributed by atoms with Gasteiger partial charge in [0.25, 0.3) is 0 Å². The summed E-state index contributed by atoms with van der Waals surface area (Å²) in [6.45, 7) is 0.962. The van der Waals surface area contributed by atoms with Crippen molar-refractivity contribution in [1.82, 2.24) is 9.78 Å². The molecule has 3 aromatic rings. The molecule has 1 N–H and O–H groups in total. The first-order chi connectivity index (χ1) is 10.8. The van der Waals surface area contributed by atoms with Gasteiger partial charge < -0.3 is 9.73 Å². The van der Waals surface area contributed by atoms with Crippen LogP contribution in [0.25, 0.3) is 17.1 Å². The lowest BCUT2D eigenvalue weighted by atomic mass is 10.1. The normalized spacial score (nSPS) is 14.2. The Labute approximate surface area is 133 Å². The molecule has 1 aliphatic heterocycles. The highest BCUT2D eigenvalue weighted by Gasteiger charge is 2.22. The third-order valence-electron chi connectivity index (χ3n) is 3.96. The zero-order valence-electron chi connectivity index (χ0n) is 12.1. The fraction of sp³-hybridized carbons (Fsp3) is 0.235. The average molecular weight is 314 g/mol. The van der Waals surface area contributed by atoms with Gasteiger partial charge in [-0.05, 0) is 55.7 Å². The van der Waals surface area contributed by atoms with Crippen LogP contribution in [0.3, 0.4) is 0 Å². The molecule has 0 saturated heterocycles. The van der Waals surface area contributed by atoms with E-state index in [4.69, 9.17) is 21.1 Å². The Morgan fingerprint density at radius 3 is 2.77 bits per heavy atom. The van der Waals surface area contributed by atoms with Crippen LogP contribution < -0.4 is 5.32 Å². The van der Waals surface area contributed by atoms with Crippen molar-refractivity contribution >= 4 is 17.4 Å². The predicted octanol–water partition coefficient (Wildman–Crippen LogP) is 4.53. The number of anilines is 1. The number of rotatable bonds is 2. The molecule has 22 heavy (non-hydrogen) atoms. The smallest absolute Gasteiger partial charge is 0.154 e. The van der Waals surface area contributed by atoms with Crippen LogP contribution in [0.1, 0.15) is 18.4 Å². The Morgan fingerprint density at radius 1 is 1.14 bits per heavy atom. The summed E-state index contributed by atoms with van der Waals surface area (Å²) in [6.07, 6.45) is 5.01. The maximum Gasteiger partial charge on any atom is 0.154 e. The zero-order valence-corrected chi connectivity index (χ0v) is 12.8. The Morgan fingerprint density at radius 2 is 2.00 bits per heavy atom. The molecule has 5 heteroatoms. The number of hydrogen-bond donors (Lipinski definition) is 1. The van der Waals surface area contributed by atoms with Crippen LogP contribution in [0, 0.1) is 0 Å². The second kappa shape index (κ2) is 5.54. The van der Waals surface area contributed by atoms with Gasteiger partial charge in [0.1, 0.15) is 11.5 Å². The van der Waals surface area contributed by atoms with Crippen molar-refractivity contribution in [1.29, 1.82) is 0 Å². The van der Waals surface area contributed by atoms with Gasteiger partial charge >= 0.3 is 0 Å². The number of benzene rings is 1. The molecule has 1 aliphatic rings. The van der Waals surface area contributed by atoms with Gasteiger partial charge in [0.15, 0.2) is 5.76 Å². The summed E-state index contributed by atoms with van der Waals surface area (Å²) >= 11 is 5.99. The highest BCUT2D eigenvalue weighted by molar-refractivity contribution is 6.30. The van der Waals surface area contributed by atoms with Gasteiger partial charge in [-0.25, -0.2) is 4.68 Å². The summed E-state index contributed by atoms with van der Waals surface area (Å²) < 4.78 is 7.52. The van der Waals surface area contributed by atoms with Gasteiger partial charge in [-0.2, -0.15) is 5.10 Å². The van der Waals surface area contributed by atoms with Gasteiger partial charge in [-0.15, -0.1) is 0 Å².